The lowest BCUT2D eigenvalue weighted by Gasteiger charge is -2.43. The number of carbonyl (C=O) groups excluding carboxylic acids is 1. The summed E-state index contributed by atoms with van der Waals surface area (Å²) >= 11 is 0. The molecule has 54 heavy (non-hydrogen) atoms. The highest BCUT2D eigenvalue weighted by atomic mass is 32.2. The number of sulfonamides is 1. The molecule has 6 rings (SSSR count). The summed E-state index contributed by atoms with van der Waals surface area (Å²) in [6, 6.07) is 40.3. The van der Waals surface area contributed by atoms with Crippen LogP contribution in [0.4, 0.5) is 5.69 Å². The first-order valence-electron chi connectivity index (χ1n) is 18.3. The van der Waals surface area contributed by atoms with Crippen LogP contribution < -0.4 is 10.0 Å². The molecular weight excluding hydrogens is 699 g/mol. The lowest BCUT2D eigenvalue weighted by Crippen LogP contribution is -2.45. The van der Waals surface area contributed by atoms with Crippen molar-refractivity contribution in [1.82, 2.24) is 9.62 Å². The zero-order chi connectivity index (χ0) is 38.2. The van der Waals surface area contributed by atoms with E-state index in [1.165, 1.54) is 17.7 Å². The topological polar surface area (TPSA) is 117 Å². The fraction of sp³-hybridized carbons (Fsp3) is 0.295. The van der Waals surface area contributed by atoms with Crippen molar-refractivity contribution >= 4 is 21.6 Å². The Morgan fingerprint density at radius 1 is 0.815 bits per heavy atom. The highest BCUT2D eigenvalue weighted by molar-refractivity contribution is 7.89. The van der Waals surface area contributed by atoms with E-state index in [2.05, 4.69) is 48.0 Å². The van der Waals surface area contributed by atoms with Crippen molar-refractivity contribution in [2.24, 2.45) is 5.92 Å². The van der Waals surface area contributed by atoms with E-state index in [1.54, 1.807) is 18.2 Å². The SMILES string of the molecule is Cc1ccc(S(=O)(=O)N[C@H](Cc2ccccc2)C(=O)Nc2cccc([C@@H]3O[C@H](CN(C)[C@@H](C)c4ccccc4)[C@H](C)[C@H](c4ccc(CO)cc4)O3)c2)cc1. The Hall–Kier alpha value is -4.68. The van der Waals surface area contributed by atoms with E-state index < -0.39 is 28.3 Å². The fourth-order valence-electron chi connectivity index (χ4n) is 6.76. The minimum Gasteiger partial charge on any atom is -0.392 e. The predicted molar refractivity (Wildman–Crippen MR) is 211 cm³/mol. The van der Waals surface area contributed by atoms with Crippen molar-refractivity contribution in [3.05, 3.63) is 167 Å². The number of hydrogen-bond acceptors (Lipinski definition) is 7. The number of carbonyl (C=O) groups is 1. The van der Waals surface area contributed by atoms with Crippen molar-refractivity contribution in [1.29, 1.82) is 0 Å². The largest absolute Gasteiger partial charge is 0.392 e. The molecular formula is C44H49N3O6S. The normalized spacial score (nSPS) is 20.0. The molecule has 0 radical (unpaired) electrons. The van der Waals surface area contributed by atoms with Crippen LogP contribution >= 0.6 is 0 Å². The van der Waals surface area contributed by atoms with Gasteiger partial charge in [-0.05, 0) is 73.8 Å². The van der Waals surface area contributed by atoms with Gasteiger partial charge in [0.15, 0.2) is 6.29 Å². The monoisotopic (exact) mass is 747 g/mol. The van der Waals surface area contributed by atoms with Gasteiger partial charge in [-0.15, -0.1) is 0 Å². The molecule has 1 amide bonds. The molecule has 6 atom stereocenters. The summed E-state index contributed by atoms with van der Waals surface area (Å²) in [5.41, 5.74) is 5.93. The average Bonchev–Trinajstić information content (AvgIpc) is 3.19. The highest BCUT2D eigenvalue weighted by Crippen LogP contribution is 2.42. The maximum Gasteiger partial charge on any atom is 0.242 e. The first kappa shape index (κ1) is 39.0. The van der Waals surface area contributed by atoms with Crippen LogP contribution in [0.3, 0.4) is 0 Å². The van der Waals surface area contributed by atoms with Crippen LogP contribution in [0, 0.1) is 12.8 Å². The number of nitrogens with zero attached hydrogens (tertiary/aromatic N) is 1. The van der Waals surface area contributed by atoms with Crippen LogP contribution in [0.2, 0.25) is 0 Å². The molecule has 0 bridgehead atoms. The third-order valence-corrected chi connectivity index (χ3v) is 11.7. The molecule has 1 saturated heterocycles. The van der Waals surface area contributed by atoms with Gasteiger partial charge >= 0.3 is 0 Å². The van der Waals surface area contributed by atoms with Gasteiger partial charge in [-0.3, -0.25) is 9.69 Å². The molecule has 282 valence electrons. The van der Waals surface area contributed by atoms with Gasteiger partial charge < -0.3 is 19.9 Å². The summed E-state index contributed by atoms with van der Waals surface area (Å²) in [5, 5.41) is 12.6. The van der Waals surface area contributed by atoms with Crippen LogP contribution in [0.5, 0.6) is 0 Å². The Morgan fingerprint density at radius 3 is 2.15 bits per heavy atom. The van der Waals surface area contributed by atoms with E-state index in [1.807, 2.05) is 97.9 Å². The number of nitrogens with one attached hydrogen (secondary N) is 2. The number of aliphatic hydroxyl groups excluding tert-OH is 1. The standard InChI is InChI=1S/C44H49N3O6S/c1-30-18-24-39(25-19-30)54(50,51)46-40(26-33-12-7-5-8-13-33)43(49)45-38-17-11-16-37(27-38)44-52-41(28-47(4)32(3)35-14-9-6-10-15-35)31(2)42(53-44)36-22-20-34(29-48)21-23-36/h5-25,27,31-32,40-42,44,46,48H,26,28-29H2,1-4H3,(H,45,49)/t31-,32-,40+,41+,42+,44+/m0/s1. The number of anilines is 1. The fourth-order valence-corrected chi connectivity index (χ4v) is 7.95. The lowest BCUT2D eigenvalue weighted by molar-refractivity contribution is -0.276. The molecule has 0 saturated carbocycles. The van der Waals surface area contributed by atoms with E-state index in [-0.39, 0.29) is 42.1 Å². The van der Waals surface area contributed by atoms with Crippen molar-refractivity contribution in [3.63, 3.8) is 0 Å². The Labute approximate surface area is 319 Å². The maximum absolute atomic E-state index is 13.9. The molecule has 3 N–H and O–H groups in total. The Bertz CT molecular complexity index is 2080. The third kappa shape index (κ3) is 9.70. The summed E-state index contributed by atoms with van der Waals surface area (Å²) in [4.78, 5) is 16.3. The smallest absolute Gasteiger partial charge is 0.242 e. The first-order chi connectivity index (χ1) is 26.0. The van der Waals surface area contributed by atoms with E-state index in [0.717, 1.165) is 22.3 Å². The summed E-state index contributed by atoms with van der Waals surface area (Å²) in [7, 11) is -1.91. The molecule has 1 heterocycles. The second kappa shape index (κ2) is 17.6. The number of amides is 1. The number of aliphatic hydroxyl groups is 1. The Morgan fingerprint density at radius 2 is 1.48 bits per heavy atom. The molecule has 0 unspecified atom stereocenters. The molecule has 5 aromatic rings. The van der Waals surface area contributed by atoms with Crippen molar-refractivity contribution in [2.45, 2.75) is 69.3 Å². The maximum atomic E-state index is 13.9. The van der Waals surface area contributed by atoms with Crippen LogP contribution in [-0.4, -0.2) is 50.1 Å². The third-order valence-electron chi connectivity index (χ3n) is 10.2. The van der Waals surface area contributed by atoms with Crippen molar-refractivity contribution in [3.8, 4) is 0 Å². The molecule has 1 aliphatic heterocycles. The molecule has 1 aliphatic rings. The van der Waals surface area contributed by atoms with Gasteiger partial charge in [0.1, 0.15) is 6.04 Å². The number of benzene rings is 5. The van der Waals surface area contributed by atoms with Crippen molar-refractivity contribution in [2.75, 3.05) is 18.9 Å². The van der Waals surface area contributed by atoms with Crippen LogP contribution in [0.15, 0.2) is 138 Å². The Balaban J connectivity index is 1.25. The summed E-state index contributed by atoms with van der Waals surface area (Å²) < 4.78 is 43.0. The second-order valence-corrected chi connectivity index (χ2v) is 15.9. The molecule has 0 aromatic heterocycles. The second-order valence-electron chi connectivity index (χ2n) is 14.1. The van der Waals surface area contributed by atoms with E-state index in [0.29, 0.717) is 17.8 Å². The average molecular weight is 748 g/mol. The number of rotatable bonds is 14. The Kier molecular flexibility index (Phi) is 12.7. The molecule has 0 aliphatic carbocycles. The number of ether oxygens (including phenoxy) is 2. The number of hydrogen-bond donors (Lipinski definition) is 3. The zero-order valence-electron chi connectivity index (χ0n) is 31.1. The quantitative estimate of drug-likeness (QED) is 0.108. The lowest BCUT2D eigenvalue weighted by atomic mass is 9.89. The van der Waals surface area contributed by atoms with Gasteiger partial charge in [-0.1, -0.05) is 122 Å². The van der Waals surface area contributed by atoms with Crippen molar-refractivity contribution < 1.29 is 27.8 Å². The van der Waals surface area contributed by atoms with Crippen LogP contribution in [-0.2, 0) is 37.3 Å². The van der Waals surface area contributed by atoms with Crippen LogP contribution in [0.25, 0.3) is 0 Å². The van der Waals surface area contributed by atoms with Gasteiger partial charge in [-0.2, -0.15) is 4.72 Å². The molecule has 5 aromatic carbocycles. The van der Waals surface area contributed by atoms with Gasteiger partial charge in [0.2, 0.25) is 15.9 Å². The van der Waals surface area contributed by atoms with Crippen LogP contribution in [0.1, 0.15) is 65.7 Å². The van der Waals surface area contributed by atoms with Gasteiger partial charge in [0, 0.05) is 29.8 Å². The zero-order valence-corrected chi connectivity index (χ0v) is 31.9. The molecule has 9 nitrogen and oxygen atoms in total. The first-order valence-corrected chi connectivity index (χ1v) is 19.8. The summed E-state index contributed by atoms with van der Waals surface area (Å²) in [5.74, 6) is -0.517. The predicted octanol–water partition coefficient (Wildman–Crippen LogP) is 7.50. The van der Waals surface area contributed by atoms with Gasteiger partial charge in [0.25, 0.3) is 0 Å². The van der Waals surface area contributed by atoms with Gasteiger partial charge in [-0.25, -0.2) is 8.42 Å². The minimum absolute atomic E-state index is 0.0187. The van der Waals surface area contributed by atoms with Gasteiger partial charge in [0.05, 0.1) is 23.7 Å². The molecule has 0 spiro atoms. The number of likely N-dealkylation sites (N-methyl/N-ethyl adjacent to an activating group) is 1. The summed E-state index contributed by atoms with van der Waals surface area (Å²) in [6.07, 6.45) is -1.14. The van der Waals surface area contributed by atoms with E-state index >= 15 is 0 Å². The summed E-state index contributed by atoms with van der Waals surface area (Å²) in [6.45, 7) is 6.79. The molecule has 10 heteroatoms. The highest BCUT2D eigenvalue weighted by Gasteiger charge is 2.39. The molecule has 1 fully saturated rings. The minimum atomic E-state index is -4.01. The number of aryl methyl sites for hydroxylation is 1. The van der Waals surface area contributed by atoms with E-state index in [4.69, 9.17) is 9.47 Å². The van der Waals surface area contributed by atoms with E-state index in [9.17, 15) is 18.3 Å².